The van der Waals surface area contributed by atoms with Crippen molar-refractivity contribution in [3.63, 3.8) is 0 Å². The van der Waals surface area contributed by atoms with E-state index in [2.05, 4.69) is 24.1 Å². The maximum atomic E-state index is 3.85. The third-order valence-electron chi connectivity index (χ3n) is 5.38. The first-order valence-electron chi connectivity index (χ1n) is 9.29. The molecule has 0 aromatic rings. The van der Waals surface area contributed by atoms with Gasteiger partial charge in [0.15, 0.2) is 0 Å². The van der Waals surface area contributed by atoms with E-state index in [4.69, 9.17) is 0 Å². The van der Waals surface area contributed by atoms with Crippen LogP contribution in [-0.2, 0) is 0 Å². The molecule has 0 radical (unpaired) electrons. The molecule has 1 saturated heterocycles. The van der Waals surface area contributed by atoms with Crippen molar-refractivity contribution in [3.05, 3.63) is 0 Å². The van der Waals surface area contributed by atoms with Crippen LogP contribution in [0.3, 0.4) is 0 Å². The molecule has 1 N–H and O–H groups in total. The minimum atomic E-state index is 0.794. The van der Waals surface area contributed by atoms with Crippen LogP contribution < -0.4 is 5.32 Å². The Morgan fingerprint density at radius 2 is 1.85 bits per heavy atom. The molecule has 118 valence electrons. The lowest BCUT2D eigenvalue weighted by atomic mass is 9.94. The van der Waals surface area contributed by atoms with Gasteiger partial charge in [-0.05, 0) is 57.0 Å². The molecule has 20 heavy (non-hydrogen) atoms. The van der Waals surface area contributed by atoms with E-state index in [1.807, 2.05) is 0 Å². The van der Waals surface area contributed by atoms with E-state index in [9.17, 15) is 0 Å². The molecule has 2 rings (SSSR count). The summed E-state index contributed by atoms with van der Waals surface area (Å²) in [4.78, 5) is 2.77. The van der Waals surface area contributed by atoms with Gasteiger partial charge in [0.2, 0.25) is 0 Å². The van der Waals surface area contributed by atoms with E-state index < -0.39 is 0 Å². The van der Waals surface area contributed by atoms with Crippen molar-refractivity contribution in [3.8, 4) is 0 Å². The first kappa shape index (κ1) is 16.3. The highest BCUT2D eigenvalue weighted by Crippen LogP contribution is 2.27. The molecule has 1 aliphatic carbocycles. The summed E-state index contributed by atoms with van der Waals surface area (Å²) in [5.41, 5.74) is 0. The summed E-state index contributed by atoms with van der Waals surface area (Å²) in [7, 11) is 0. The molecular weight excluding hydrogens is 244 g/mol. The van der Waals surface area contributed by atoms with E-state index in [-0.39, 0.29) is 0 Å². The van der Waals surface area contributed by atoms with Crippen LogP contribution in [0.1, 0.15) is 71.6 Å². The quantitative estimate of drug-likeness (QED) is 0.708. The highest BCUT2D eigenvalue weighted by molar-refractivity contribution is 4.84. The van der Waals surface area contributed by atoms with Crippen LogP contribution in [0.5, 0.6) is 0 Å². The Morgan fingerprint density at radius 1 is 1.00 bits per heavy atom. The first-order valence-corrected chi connectivity index (χ1v) is 9.29. The predicted molar refractivity (Wildman–Crippen MR) is 88.1 cm³/mol. The molecule has 3 atom stereocenters. The monoisotopic (exact) mass is 280 g/mol. The van der Waals surface area contributed by atoms with Crippen molar-refractivity contribution in [1.82, 2.24) is 10.2 Å². The number of hydrogen-bond donors (Lipinski definition) is 1. The lowest BCUT2D eigenvalue weighted by Gasteiger charge is -2.30. The normalized spacial score (nSPS) is 32.4. The zero-order valence-electron chi connectivity index (χ0n) is 13.9. The second-order valence-corrected chi connectivity index (χ2v) is 7.16. The SMILES string of the molecule is CCCNC1CCCCCC1CN1CCC(CCC)C1. The molecule has 3 unspecified atom stereocenters. The highest BCUT2D eigenvalue weighted by Gasteiger charge is 2.28. The molecule has 2 aliphatic rings. The summed E-state index contributed by atoms with van der Waals surface area (Å²) in [6.45, 7) is 9.93. The maximum Gasteiger partial charge on any atom is 0.0107 e. The molecule has 2 fully saturated rings. The Hall–Kier alpha value is -0.0800. The molecule has 0 bridgehead atoms. The standard InChI is InChI=1S/C18H36N2/c1-3-8-16-11-13-20(14-16)15-17-9-6-5-7-10-18(17)19-12-4-2/h16-19H,3-15H2,1-2H3. The number of rotatable bonds is 7. The average molecular weight is 280 g/mol. The molecule has 0 amide bonds. The Balaban J connectivity index is 1.81. The van der Waals surface area contributed by atoms with Crippen LogP contribution in [0.25, 0.3) is 0 Å². The molecule has 2 heteroatoms. The molecule has 1 aliphatic heterocycles. The number of nitrogens with zero attached hydrogens (tertiary/aromatic N) is 1. The average Bonchev–Trinajstić information content (AvgIpc) is 2.77. The topological polar surface area (TPSA) is 15.3 Å². The summed E-state index contributed by atoms with van der Waals surface area (Å²) >= 11 is 0. The van der Waals surface area contributed by atoms with Gasteiger partial charge in [-0.15, -0.1) is 0 Å². The third-order valence-corrected chi connectivity index (χ3v) is 5.38. The molecule has 1 heterocycles. The maximum absolute atomic E-state index is 3.85. The fourth-order valence-corrected chi connectivity index (χ4v) is 4.26. The van der Waals surface area contributed by atoms with Crippen LogP contribution in [0.4, 0.5) is 0 Å². The fraction of sp³-hybridized carbons (Fsp3) is 1.00. The minimum absolute atomic E-state index is 0.794. The van der Waals surface area contributed by atoms with Gasteiger partial charge in [-0.3, -0.25) is 0 Å². The van der Waals surface area contributed by atoms with E-state index >= 15 is 0 Å². The minimum Gasteiger partial charge on any atom is -0.314 e. The Kier molecular flexibility index (Phi) is 7.37. The van der Waals surface area contributed by atoms with Crippen LogP contribution in [0, 0.1) is 11.8 Å². The molecule has 0 aromatic carbocycles. The van der Waals surface area contributed by atoms with E-state index in [1.54, 1.807) is 0 Å². The van der Waals surface area contributed by atoms with E-state index in [1.165, 1.54) is 84.0 Å². The van der Waals surface area contributed by atoms with E-state index in [0.29, 0.717) is 0 Å². The second kappa shape index (κ2) is 9.04. The van der Waals surface area contributed by atoms with Gasteiger partial charge in [0.25, 0.3) is 0 Å². The van der Waals surface area contributed by atoms with E-state index in [0.717, 1.165) is 17.9 Å². The largest absolute Gasteiger partial charge is 0.314 e. The Labute approximate surface area is 126 Å². The number of nitrogens with one attached hydrogen (secondary N) is 1. The van der Waals surface area contributed by atoms with Crippen molar-refractivity contribution in [1.29, 1.82) is 0 Å². The van der Waals surface area contributed by atoms with Crippen molar-refractivity contribution in [2.75, 3.05) is 26.2 Å². The zero-order chi connectivity index (χ0) is 14.2. The van der Waals surface area contributed by atoms with Crippen molar-refractivity contribution < 1.29 is 0 Å². The van der Waals surface area contributed by atoms with Crippen molar-refractivity contribution >= 4 is 0 Å². The second-order valence-electron chi connectivity index (χ2n) is 7.16. The molecule has 0 spiro atoms. The lowest BCUT2D eigenvalue weighted by molar-refractivity contribution is 0.218. The van der Waals surface area contributed by atoms with Crippen LogP contribution >= 0.6 is 0 Å². The van der Waals surface area contributed by atoms with Gasteiger partial charge >= 0.3 is 0 Å². The van der Waals surface area contributed by atoms with Gasteiger partial charge in [-0.25, -0.2) is 0 Å². The van der Waals surface area contributed by atoms with Crippen LogP contribution in [0.15, 0.2) is 0 Å². The summed E-state index contributed by atoms with van der Waals surface area (Å²) in [5.74, 6) is 1.90. The Bertz CT molecular complexity index is 254. The van der Waals surface area contributed by atoms with Gasteiger partial charge < -0.3 is 10.2 Å². The summed E-state index contributed by atoms with van der Waals surface area (Å²) in [6.07, 6.45) is 12.8. The molecule has 0 aromatic heterocycles. The van der Waals surface area contributed by atoms with Gasteiger partial charge in [-0.2, -0.15) is 0 Å². The first-order chi connectivity index (χ1) is 9.83. The predicted octanol–water partition coefficient (Wildman–Crippen LogP) is 4.06. The Morgan fingerprint density at radius 3 is 2.65 bits per heavy atom. The molecule has 1 saturated carbocycles. The van der Waals surface area contributed by atoms with Crippen LogP contribution in [0.2, 0.25) is 0 Å². The molecular formula is C18H36N2. The zero-order valence-corrected chi connectivity index (χ0v) is 13.9. The summed E-state index contributed by atoms with van der Waals surface area (Å²) < 4.78 is 0. The third kappa shape index (κ3) is 5.04. The van der Waals surface area contributed by atoms with Crippen molar-refractivity contribution in [2.24, 2.45) is 11.8 Å². The van der Waals surface area contributed by atoms with Gasteiger partial charge in [-0.1, -0.05) is 39.5 Å². The smallest absolute Gasteiger partial charge is 0.0107 e. The molecule has 2 nitrogen and oxygen atoms in total. The number of likely N-dealkylation sites (tertiary alicyclic amines) is 1. The number of hydrogen-bond acceptors (Lipinski definition) is 2. The lowest BCUT2D eigenvalue weighted by Crippen LogP contribution is -2.41. The van der Waals surface area contributed by atoms with Crippen molar-refractivity contribution in [2.45, 2.75) is 77.7 Å². The van der Waals surface area contributed by atoms with Gasteiger partial charge in [0, 0.05) is 19.1 Å². The van der Waals surface area contributed by atoms with Gasteiger partial charge in [0.05, 0.1) is 0 Å². The summed E-state index contributed by atoms with van der Waals surface area (Å²) in [5, 5.41) is 3.85. The van der Waals surface area contributed by atoms with Crippen LogP contribution in [-0.4, -0.2) is 37.1 Å². The highest BCUT2D eigenvalue weighted by atomic mass is 15.2. The fourth-order valence-electron chi connectivity index (χ4n) is 4.26. The van der Waals surface area contributed by atoms with Gasteiger partial charge in [0.1, 0.15) is 0 Å². The summed E-state index contributed by atoms with van der Waals surface area (Å²) in [6, 6.07) is 0.794.